The molecule has 2 fully saturated rings. The van der Waals surface area contributed by atoms with E-state index in [1.807, 2.05) is 12.1 Å². The number of anilines is 2. The Hall–Kier alpha value is -2.41. The molecule has 26 heavy (non-hydrogen) atoms. The summed E-state index contributed by atoms with van der Waals surface area (Å²) < 4.78 is 18.5. The molecule has 6 nitrogen and oxygen atoms in total. The molecule has 1 atom stereocenters. The SMILES string of the molecule is O=c1cc(N2CCOCC2)nc(N2CCC[C@@H]2Cc2ccc(F)cc2)[nH]1. The standard InChI is InChI=1S/C19H23FN4O2/c20-15-5-3-14(4-6-15)12-16-2-1-7-24(16)19-21-17(13-18(25)22-19)23-8-10-26-11-9-23/h3-6,13,16H,1-2,7-12H2,(H,21,22,25)/t16-/m1/s1. The normalized spacial score (nSPS) is 20.6. The molecule has 2 aromatic rings. The topological polar surface area (TPSA) is 61.5 Å². The predicted octanol–water partition coefficient (Wildman–Crippen LogP) is 1.96. The molecule has 0 radical (unpaired) electrons. The molecule has 0 aliphatic carbocycles. The number of hydrogen-bond donors (Lipinski definition) is 1. The lowest BCUT2D eigenvalue weighted by Crippen LogP contribution is -2.39. The number of hydrogen-bond acceptors (Lipinski definition) is 5. The van der Waals surface area contributed by atoms with Crippen molar-refractivity contribution in [2.75, 3.05) is 42.6 Å². The van der Waals surface area contributed by atoms with E-state index in [1.54, 1.807) is 6.07 Å². The molecule has 0 spiro atoms. The smallest absolute Gasteiger partial charge is 0.254 e. The molecule has 1 aromatic heterocycles. The Bertz CT molecular complexity index is 802. The van der Waals surface area contributed by atoms with Crippen molar-refractivity contribution < 1.29 is 9.13 Å². The van der Waals surface area contributed by atoms with Gasteiger partial charge in [-0.25, -0.2) is 4.39 Å². The first-order valence-corrected chi connectivity index (χ1v) is 9.14. The second-order valence-corrected chi connectivity index (χ2v) is 6.85. The summed E-state index contributed by atoms with van der Waals surface area (Å²) in [6.45, 7) is 3.66. The second kappa shape index (κ2) is 7.45. The second-order valence-electron chi connectivity index (χ2n) is 6.85. The first-order chi connectivity index (χ1) is 12.7. The van der Waals surface area contributed by atoms with E-state index in [0.29, 0.717) is 25.0 Å². The molecule has 0 bridgehead atoms. The van der Waals surface area contributed by atoms with Gasteiger partial charge >= 0.3 is 0 Å². The molecule has 2 aliphatic rings. The van der Waals surface area contributed by atoms with Gasteiger partial charge in [-0.1, -0.05) is 12.1 Å². The van der Waals surface area contributed by atoms with Gasteiger partial charge in [0.2, 0.25) is 5.95 Å². The van der Waals surface area contributed by atoms with E-state index in [1.165, 1.54) is 12.1 Å². The van der Waals surface area contributed by atoms with Crippen LogP contribution >= 0.6 is 0 Å². The number of benzene rings is 1. The lowest BCUT2D eigenvalue weighted by Gasteiger charge is -2.30. The molecule has 0 saturated carbocycles. The van der Waals surface area contributed by atoms with Crippen LogP contribution in [0.4, 0.5) is 16.2 Å². The van der Waals surface area contributed by atoms with Crippen LogP contribution in [-0.4, -0.2) is 48.9 Å². The van der Waals surface area contributed by atoms with Crippen molar-refractivity contribution >= 4 is 11.8 Å². The fraction of sp³-hybridized carbons (Fsp3) is 0.474. The van der Waals surface area contributed by atoms with E-state index in [4.69, 9.17) is 9.72 Å². The van der Waals surface area contributed by atoms with Gasteiger partial charge in [0.05, 0.1) is 13.2 Å². The van der Waals surface area contributed by atoms with Gasteiger partial charge in [-0.05, 0) is 37.0 Å². The van der Waals surface area contributed by atoms with Crippen LogP contribution in [0.25, 0.3) is 0 Å². The van der Waals surface area contributed by atoms with Crippen molar-refractivity contribution in [1.82, 2.24) is 9.97 Å². The summed E-state index contributed by atoms with van der Waals surface area (Å²) in [5.74, 6) is 1.12. The molecule has 1 N–H and O–H groups in total. The molecule has 2 aliphatic heterocycles. The Kier molecular flexibility index (Phi) is 4.88. The molecule has 1 aromatic carbocycles. The highest BCUT2D eigenvalue weighted by Gasteiger charge is 2.27. The van der Waals surface area contributed by atoms with E-state index in [-0.39, 0.29) is 17.4 Å². The van der Waals surface area contributed by atoms with E-state index < -0.39 is 0 Å². The first kappa shape index (κ1) is 17.0. The molecule has 7 heteroatoms. The van der Waals surface area contributed by atoms with Crippen LogP contribution in [0, 0.1) is 5.82 Å². The maximum Gasteiger partial charge on any atom is 0.254 e. The van der Waals surface area contributed by atoms with Crippen molar-refractivity contribution in [3.05, 3.63) is 52.1 Å². The van der Waals surface area contributed by atoms with Crippen LogP contribution in [0.5, 0.6) is 0 Å². The van der Waals surface area contributed by atoms with Gasteiger partial charge in [0.1, 0.15) is 11.6 Å². The summed E-state index contributed by atoms with van der Waals surface area (Å²) in [6, 6.07) is 8.45. The number of rotatable bonds is 4. The molecular formula is C19H23FN4O2. The summed E-state index contributed by atoms with van der Waals surface area (Å²) in [4.78, 5) is 24.1. The van der Waals surface area contributed by atoms with Gasteiger partial charge < -0.3 is 14.5 Å². The Labute approximate surface area is 151 Å². The van der Waals surface area contributed by atoms with Crippen molar-refractivity contribution in [3.63, 3.8) is 0 Å². The first-order valence-electron chi connectivity index (χ1n) is 9.14. The van der Waals surface area contributed by atoms with Crippen LogP contribution in [0.3, 0.4) is 0 Å². The van der Waals surface area contributed by atoms with E-state index in [2.05, 4.69) is 14.8 Å². The highest BCUT2D eigenvalue weighted by Crippen LogP contribution is 2.26. The molecule has 3 heterocycles. The summed E-state index contributed by atoms with van der Waals surface area (Å²) in [5.41, 5.74) is 0.957. The van der Waals surface area contributed by atoms with Crippen molar-refractivity contribution in [2.24, 2.45) is 0 Å². The zero-order valence-electron chi connectivity index (χ0n) is 14.7. The van der Waals surface area contributed by atoms with Crippen LogP contribution in [0.2, 0.25) is 0 Å². The third-order valence-corrected chi connectivity index (χ3v) is 5.08. The van der Waals surface area contributed by atoms with Crippen LogP contribution in [0.15, 0.2) is 35.1 Å². The largest absolute Gasteiger partial charge is 0.378 e. The Balaban J connectivity index is 1.56. The zero-order chi connectivity index (χ0) is 17.9. The van der Waals surface area contributed by atoms with Gasteiger partial charge in [0.25, 0.3) is 5.56 Å². The van der Waals surface area contributed by atoms with Crippen LogP contribution < -0.4 is 15.4 Å². The van der Waals surface area contributed by atoms with Crippen LogP contribution in [0.1, 0.15) is 18.4 Å². The van der Waals surface area contributed by atoms with Gasteiger partial charge in [0, 0.05) is 31.7 Å². The minimum Gasteiger partial charge on any atom is -0.378 e. The third-order valence-electron chi connectivity index (χ3n) is 5.08. The molecule has 138 valence electrons. The maximum absolute atomic E-state index is 13.1. The summed E-state index contributed by atoms with van der Waals surface area (Å²) in [7, 11) is 0. The molecule has 4 rings (SSSR count). The molecular weight excluding hydrogens is 335 g/mol. The summed E-state index contributed by atoms with van der Waals surface area (Å²) >= 11 is 0. The molecule has 0 amide bonds. The highest BCUT2D eigenvalue weighted by atomic mass is 19.1. The Morgan fingerprint density at radius 1 is 1.19 bits per heavy atom. The number of nitrogens with one attached hydrogen (secondary N) is 1. The molecule has 0 unspecified atom stereocenters. The summed E-state index contributed by atoms with van der Waals surface area (Å²) in [5, 5.41) is 0. The summed E-state index contributed by atoms with van der Waals surface area (Å²) in [6.07, 6.45) is 2.89. The molecule has 2 saturated heterocycles. The predicted molar refractivity (Wildman–Crippen MR) is 98.4 cm³/mol. The van der Waals surface area contributed by atoms with Crippen LogP contribution in [-0.2, 0) is 11.2 Å². The van der Waals surface area contributed by atoms with E-state index in [9.17, 15) is 9.18 Å². The van der Waals surface area contributed by atoms with Gasteiger partial charge in [0.15, 0.2) is 0 Å². The average Bonchev–Trinajstić information content (AvgIpc) is 3.12. The fourth-order valence-corrected chi connectivity index (χ4v) is 3.74. The Morgan fingerprint density at radius 3 is 2.73 bits per heavy atom. The monoisotopic (exact) mass is 358 g/mol. The minimum atomic E-state index is -0.221. The lowest BCUT2D eigenvalue weighted by molar-refractivity contribution is 0.122. The van der Waals surface area contributed by atoms with Gasteiger partial charge in [-0.3, -0.25) is 9.78 Å². The fourth-order valence-electron chi connectivity index (χ4n) is 3.74. The average molecular weight is 358 g/mol. The number of aromatic nitrogens is 2. The quantitative estimate of drug-likeness (QED) is 0.905. The number of aromatic amines is 1. The Morgan fingerprint density at radius 2 is 1.96 bits per heavy atom. The van der Waals surface area contributed by atoms with E-state index >= 15 is 0 Å². The van der Waals surface area contributed by atoms with Gasteiger partial charge in [-0.2, -0.15) is 4.98 Å². The number of halogens is 1. The highest BCUT2D eigenvalue weighted by molar-refractivity contribution is 5.45. The van der Waals surface area contributed by atoms with Crippen molar-refractivity contribution in [1.29, 1.82) is 0 Å². The maximum atomic E-state index is 13.1. The number of H-pyrrole nitrogens is 1. The number of morpholine rings is 1. The van der Waals surface area contributed by atoms with Crippen molar-refractivity contribution in [2.45, 2.75) is 25.3 Å². The number of nitrogens with zero attached hydrogens (tertiary/aromatic N) is 3. The third kappa shape index (κ3) is 3.72. The van der Waals surface area contributed by atoms with E-state index in [0.717, 1.165) is 44.5 Å². The van der Waals surface area contributed by atoms with Gasteiger partial charge in [-0.15, -0.1) is 0 Å². The minimum absolute atomic E-state index is 0.135. The lowest BCUT2D eigenvalue weighted by atomic mass is 10.0. The van der Waals surface area contributed by atoms with Crippen molar-refractivity contribution in [3.8, 4) is 0 Å². The number of ether oxygens (including phenoxy) is 1. The zero-order valence-corrected chi connectivity index (χ0v) is 14.7.